The standard InChI is InChI=1S/C14H20N2O4S/c1-11-10-15-5-6-16(11)21(17,18)12-3-4-13-14(9-12)20-8-2-7-19-13/h3-4,9,11,15H,2,5-8,10H2,1H3/t11-/m1/s1. The maximum absolute atomic E-state index is 12.8. The zero-order chi connectivity index (χ0) is 14.9. The van der Waals surface area contributed by atoms with Gasteiger partial charge >= 0.3 is 0 Å². The molecule has 0 spiro atoms. The lowest BCUT2D eigenvalue weighted by Gasteiger charge is -2.32. The summed E-state index contributed by atoms with van der Waals surface area (Å²) in [6.07, 6.45) is 0.797. The Hall–Kier alpha value is -1.31. The van der Waals surface area contributed by atoms with Crippen molar-refractivity contribution in [2.24, 2.45) is 0 Å². The third kappa shape index (κ3) is 2.86. The lowest BCUT2D eigenvalue weighted by atomic mass is 10.3. The van der Waals surface area contributed by atoms with Gasteiger partial charge in [-0.25, -0.2) is 8.42 Å². The first-order valence-corrected chi connectivity index (χ1v) is 8.65. The molecule has 1 fully saturated rings. The summed E-state index contributed by atoms with van der Waals surface area (Å²) in [5.41, 5.74) is 0. The van der Waals surface area contributed by atoms with Crippen LogP contribution in [0.5, 0.6) is 11.5 Å². The van der Waals surface area contributed by atoms with E-state index in [1.807, 2.05) is 6.92 Å². The molecule has 2 aliphatic heterocycles. The Morgan fingerprint density at radius 3 is 2.76 bits per heavy atom. The van der Waals surface area contributed by atoms with Gasteiger partial charge in [0.15, 0.2) is 11.5 Å². The molecule has 0 aliphatic carbocycles. The first-order chi connectivity index (χ1) is 10.1. The number of piperazine rings is 1. The van der Waals surface area contributed by atoms with Gasteiger partial charge in [-0.2, -0.15) is 4.31 Å². The number of fused-ring (bicyclic) bond motifs is 1. The molecule has 1 saturated heterocycles. The summed E-state index contributed by atoms with van der Waals surface area (Å²) >= 11 is 0. The highest BCUT2D eigenvalue weighted by molar-refractivity contribution is 7.89. The predicted molar refractivity (Wildman–Crippen MR) is 78.3 cm³/mol. The van der Waals surface area contributed by atoms with E-state index in [2.05, 4.69) is 5.32 Å². The van der Waals surface area contributed by atoms with Gasteiger partial charge in [0.1, 0.15) is 0 Å². The van der Waals surface area contributed by atoms with E-state index in [0.717, 1.165) is 6.42 Å². The van der Waals surface area contributed by atoms with Crippen LogP contribution in [0.2, 0.25) is 0 Å². The van der Waals surface area contributed by atoms with Crippen LogP contribution < -0.4 is 14.8 Å². The second kappa shape index (κ2) is 5.82. The normalized spacial score (nSPS) is 23.6. The summed E-state index contributed by atoms with van der Waals surface area (Å²) in [5, 5.41) is 3.20. The first-order valence-electron chi connectivity index (χ1n) is 7.21. The predicted octanol–water partition coefficient (Wildman–Crippen LogP) is 0.830. The van der Waals surface area contributed by atoms with Crippen LogP contribution in [0, 0.1) is 0 Å². The molecule has 3 rings (SSSR count). The fourth-order valence-electron chi connectivity index (χ4n) is 2.62. The van der Waals surface area contributed by atoms with E-state index < -0.39 is 10.0 Å². The maximum atomic E-state index is 12.8. The minimum atomic E-state index is -3.50. The SMILES string of the molecule is C[C@@H]1CNCCN1S(=O)(=O)c1ccc2c(c1)OCCCO2. The van der Waals surface area contributed by atoms with Gasteiger partial charge in [-0.1, -0.05) is 0 Å². The smallest absolute Gasteiger partial charge is 0.243 e. The Kier molecular flexibility index (Phi) is 4.05. The number of hydrogen-bond acceptors (Lipinski definition) is 5. The van der Waals surface area contributed by atoms with Crippen LogP contribution in [0.1, 0.15) is 13.3 Å². The average Bonchev–Trinajstić information content (AvgIpc) is 2.72. The van der Waals surface area contributed by atoms with Crippen molar-refractivity contribution >= 4 is 10.0 Å². The Morgan fingerprint density at radius 1 is 1.24 bits per heavy atom. The lowest BCUT2D eigenvalue weighted by molar-refractivity contribution is 0.283. The molecule has 0 unspecified atom stereocenters. The van der Waals surface area contributed by atoms with Gasteiger partial charge in [-0.15, -0.1) is 0 Å². The zero-order valence-corrected chi connectivity index (χ0v) is 12.9. The number of benzene rings is 1. The van der Waals surface area contributed by atoms with E-state index in [-0.39, 0.29) is 10.9 Å². The fourth-order valence-corrected chi connectivity index (χ4v) is 4.27. The fraction of sp³-hybridized carbons (Fsp3) is 0.571. The number of sulfonamides is 1. The molecule has 1 atom stereocenters. The Bertz CT molecular complexity index is 617. The van der Waals surface area contributed by atoms with E-state index >= 15 is 0 Å². The minimum absolute atomic E-state index is 0.0558. The molecule has 0 aromatic heterocycles. The number of hydrogen-bond donors (Lipinski definition) is 1. The highest BCUT2D eigenvalue weighted by Crippen LogP contribution is 2.33. The summed E-state index contributed by atoms with van der Waals surface area (Å²) in [7, 11) is -3.50. The van der Waals surface area contributed by atoms with Gasteiger partial charge in [0.2, 0.25) is 10.0 Å². The maximum Gasteiger partial charge on any atom is 0.243 e. The van der Waals surface area contributed by atoms with Crippen molar-refractivity contribution < 1.29 is 17.9 Å². The van der Waals surface area contributed by atoms with Gasteiger partial charge in [0.25, 0.3) is 0 Å². The molecule has 21 heavy (non-hydrogen) atoms. The second-order valence-corrected chi connectivity index (χ2v) is 7.22. The van der Waals surface area contributed by atoms with Crippen molar-refractivity contribution in [1.29, 1.82) is 0 Å². The molecule has 7 heteroatoms. The summed E-state index contributed by atoms with van der Waals surface area (Å²) in [4.78, 5) is 0.264. The van der Waals surface area contributed by atoms with Crippen LogP contribution >= 0.6 is 0 Å². The van der Waals surface area contributed by atoms with Crippen LogP contribution in [0.25, 0.3) is 0 Å². The van der Waals surface area contributed by atoms with Crippen LogP contribution in [-0.2, 0) is 10.0 Å². The summed E-state index contributed by atoms with van der Waals surface area (Å²) in [6, 6.07) is 4.79. The van der Waals surface area contributed by atoms with Gasteiger partial charge in [-0.3, -0.25) is 0 Å². The molecule has 116 valence electrons. The molecular formula is C14H20N2O4S. The molecule has 0 radical (unpaired) electrons. The van der Waals surface area contributed by atoms with Crippen molar-refractivity contribution in [2.45, 2.75) is 24.3 Å². The van der Waals surface area contributed by atoms with Crippen LogP contribution in [0.4, 0.5) is 0 Å². The first kappa shape index (κ1) is 14.6. The van der Waals surface area contributed by atoms with Crippen molar-refractivity contribution in [3.63, 3.8) is 0 Å². The van der Waals surface area contributed by atoms with E-state index in [0.29, 0.717) is 44.3 Å². The van der Waals surface area contributed by atoms with E-state index in [1.54, 1.807) is 22.5 Å². The summed E-state index contributed by atoms with van der Waals surface area (Å²) in [5.74, 6) is 1.12. The molecule has 2 aliphatic rings. The molecule has 2 heterocycles. The van der Waals surface area contributed by atoms with Crippen molar-refractivity contribution in [1.82, 2.24) is 9.62 Å². The van der Waals surface area contributed by atoms with E-state index in [4.69, 9.17) is 9.47 Å². The molecule has 1 aromatic carbocycles. The van der Waals surface area contributed by atoms with Gasteiger partial charge in [-0.05, 0) is 19.1 Å². The largest absolute Gasteiger partial charge is 0.490 e. The number of ether oxygens (including phenoxy) is 2. The monoisotopic (exact) mass is 312 g/mol. The number of nitrogens with zero attached hydrogens (tertiary/aromatic N) is 1. The van der Waals surface area contributed by atoms with Crippen molar-refractivity contribution in [3.8, 4) is 11.5 Å². The van der Waals surface area contributed by atoms with Gasteiger partial charge in [0.05, 0.1) is 18.1 Å². The average molecular weight is 312 g/mol. The number of rotatable bonds is 2. The Balaban J connectivity index is 1.93. The van der Waals surface area contributed by atoms with Crippen molar-refractivity contribution in [3.05, 3.63) is 18.2 Å². The van der Waals surface area contributed by atoms with Gasteiger partial charge < -0.3 is 14.8 Å². The molecule has 6 nitrogen and oxygen atoms in total. The highest BCUT2D eigenvalue weighted by Gasteiger charge is 2.31. The number of nitrogens with one attached hydrogen (secondary N) is 1. The van der Waals surface area contributed by atoms with E-state index in [9.17, 15) is 8.42 Å². The van der Waals surface area contributed by atoms with E-state index in [1.165, 1.54) is 0 Å². The quantitative estimate of drug-likeness (QED) is 0.876. The Labute approximate surface area is 125 Å². The van der Waals surface area contributed by atoms with Gasteiger partial charge in [0, 0.05) is 38.2 Å². The van der Waals surface area contributed by atoms with Crippen LogP contribution in [-0.4, -0.2) is 51.6 Å². The van der Waals surface area contributed by atoms with Crippen molar-refractivity contribution in [2.75, 3.05) is 32.8 Å². The lowest BCUT2D eigenvalue weighted by Crippen LogP contribution is -2.52. The molecule has 0 amide bonds. The van der Waals surface area contributed by atoms with Crippen LogP contribution in [0.15, 0.2) is 23.1 Å². The molecule has 1 aromatic rings. The molecule has 0 saturated carbocycles. The summed E-state index contributed by atoms with van der Waals surface area (Å²) < 4.78 is 38.2. The minimum Gasteiger partial charge on any atom is -0.490 e. The second-order valence-electron chi connectivity index (χ2n) is 5.33. The third-order valence-electron chi connectivity index (χ3n) is 3.77. The third-order valence-corrected chi connectivity index (χ3v) is 5.78. The highest BCUT2D eigenvalue weighted by atomic mass is 32.2. The summed E-state index contributed by atoms with van der Waals surface area (Å²) in [6.45, 7) is 4.87. The molecule has 1 N–H and O–H groups in total. The van der Waals surface area contributed by atoms with Crippen LogP contribution in [0.3, 0.4) is 0 Å². The molecule has 0 bridgehead atoms. The topological polar surface area (TPSA) is 67.9 Å². The molecular weight excluding hydrogens is 292 g/mol. The Morgan fingerprint density at radius 2 is 2.00 bits per heavy atom. The zero-order valence-electron chi connectivity index (χ0n) is 12.0.